The minimum absolute atomic E-state index is 0.191. The summed E-state index contributed by atoms with van der Waals surface area (Å²) in [5, 5.41) is 5.65. The lowest BCUT2D eigenvalue weighted by Gasteiger charge is -2.15. The lowest BCUT2D eigenvalue weighted by molar-refractivity contribution is -0.0729. The SMILES string of the molecule is C#CCON1CCN/C1=N\c1c(Cl)cccc1Cl. The standard InChI is InChI=1S/C12H11Cl2N3O/c1-2-8-18-17-7-6-15-12(17)16-11-9(13)4-3-5-10(11)14/h1,3-5H,6-8H2,(H,15,16). The summed E-state index contributed by atoms with van der Waals surface area (Å²) in [5.41, 5.74) is 0.513. The molecule has 0 saturated carbocycles. The average molecular weight is 284 g/mol. The van der Waals surface area contributed by atoms with Gasteiger partial charge in [-0.05, 0) is 12.1 Å². The van der Waals surface area contributed by atoms with E-state index in [1.165, 1.54) is 0 Å². The van der Waals surface area contributed by atoms with Crippen molar-refractivity contribution in [2.24, 2.45) is 4.99 Å². The first-order valence-electron chi connectivity index (χ1n) is 5.33. The van der Waals surface area contributed by atoms with Crippen molar-refractivity contribution in [3.8, 4) is 12.3 Å². The summed E-state index contributed by atoms with van der Waals surface area (Å²) >= 11 is 12.1. The molecule has 1 N–H and O–H groups in total. The highest BCUT2D eigenvalue weighted by molar-refractivity contribution is 6.38. The lowest BCUT2D eigenvalue weighted by Crippen LogP contribution is -2.30. The number of hydroxylamine groups is 2. The molecule has 0 aromatic heterocycles. The van der Waals surface area contributed by atoms with Crippen molar-refractivity contribution in [1.82, 2.24) is 10.4 Å². The van der Waals surface area contributed by atoms with Gasteiger partial charge < -0.3 is 5.32 Å². The van der Waals surface area contributed by atoms with Crippen LogP contribution in [0, 0.1) is 12.3 Å². The molecule has 1 aromatic rings. The summed E-state index contributed by atoms with van der Waals surface area (Å²) in [6, 6.07) is 5.23. The molecule has 2 rings (SSSR count). The molecule has 1 aliphatic rings. The first-order valence-corrected chi connectivity index (χ1v) is 6.08. The van der Waals surface area contributed by atoms with Crippen molar-refractivity contribution >= 4 is 34.8 Å². The third-order valence-electron chi connectivity index (χ3n) is 2.29. The van der Waals surface area contributed by atoms with Crippen molar-refractivity contribution < 1.29 is 4.84 Å². The van der Waals surface area contributed by atoms with E-state index in [0.717, 1.165) is 6.54 Å². The molecular formula is C12H11Cl2N3O. The summed E-state index contributed by atoms with van der Waals surface area (Å²) in [5.74, 6) is 2.96. The molecule has 6 heteroatoms. The van der Waals surface area contributed by atoms with Gasteiger partial charge in [-0.2, -0.15) is 0 Å². The van der Waals surface area contributed by atoms with Crippen molar-refractivity contribution in [2.45, 2.75) is 0 Å². The van der Waals surface area contributed by atoms with E-state index in [4.69, 9.17) is 34.5 Å². The lowest BCUT2D eigenvalue weighted by atomic mass is 10.3. The molecule has 1 saturated heterocycles. The van der Waals surface area contributed by atoms with Crippen LogP contribution in [-0.2, 0) is 4.84 Å². The monoisotopic (exact) mass is 283 g/mol. The van der Waals surface area contributed by atoms with Gasteiger partial charge in [-0.15, -0.1) is 6.42 Å². The number of rotatable bonds is 3. The van der Waals surface area contributed by atoms with E-state index < -0.39 is 0 Å². The maximum absolute atomic E-state index is 6.05. The van der Waals surface area contributed by atoms with Gasteiger partial charge in [0.1, 0.15) is 12.3 Å². The molecule has 1 aromatic carbocycles. The first kappa shape index (κ1) is 13.0. The molecule has 0 unspecified atom stereocenters. The van der Waals surface area contributed by atoms with Crippen LogP contribution in [0.1, 0.15) is 0 Å². The second-order valence-electron chi connectivity index (χ2n) is 3.51. The molecule has 0 spiro atoms. The van der Waals surface area contributed by atoms with Crippen LogP contribution < -0.4 is 5.32 Å². The third kappa shape index (κ3) is 2.88. The Morgan fingerprint density at radius 3 is 2.83 bits per heavy atom. The van der Waals surface area contributed by atoms with Crippen LogP contribution in [0.4, 0.5) is 5.69 Å². The van der Waals surface area contributed by atoms with E-state index in [2.05, 4.69) is 16.2 Å². The number of hydrogen-bond donors (Lipinski definition) is 1. The quantitative estimate of drug-likeness (QED) is 0.866. The maximum atomic E-state index is 6.05. The van der Waals surface area contributed by atoms with Gasteiger partial charge in [-0.3, -0.25) is 4.84 Å². The number of nitrogens with one attached hydrogen (secondary N) is 1. The van der Waals surface area contributed by atoms with Gasteiger partial charge in [0.05, 0.1) is 16.6 Å². The van der Waals surface area contributed by atoms with Gasteiger partial charge in [-0.25, -0.2) is 10.1 Å². The molecule has 0 bridgehead atoms. The van der Waals surface area contributed by atoms with E-state index in [0.29, 0.717) is 28.2 Å². The van der Waals surface area contributed by atoms with Gasteiger partial charge in [0.2, 0.25) is 5.96 Å². The van der Waals surface area contributed by atoms with Crippen LogP contribution in [0.5, 0.6) is 0 Å². The van der Waals surface area contributed by atoms with Gasteiger partial charge >= 0.3 is 0 Å². The zero-order valence-corrected chi connectivity index (χ0v) is 11.0. The number of nitrogens with zero attached hydrogens (tertiary/aromatic N) is 2. The number of terminal acetylenes is 1. The molecular weight excluding hydrogens is 273 g/mol. The zero-order chi connectivity index (χ0) is 13.0. The Bertz CT molecular complexity index is 490. The normalized spacial score (nSPS) is 16.7. The van der Waals surface area contributed by atoms with Gasteiger partial charge in [-0.1, -0.05) is 35.2 Å². The predicted octanol–water partition coefficient (Wildman–Crippen LogP) is 2.45. The fourth-order valence-corrected chi connectivity index (χ4v) is 1.98. The maximum Gasteiger partial charge on any atom is 0.223 e. The Hall–Kier alpha value is -1.41. The topological polar surface area (TPSA) is 36.9 Å². The van der Waals surface area contributed by atoms with Crippen molar-refractivity contribution in [2.75, 3.05) is 19.7 Å². The Morgan fingerprint density at radius 2 is 2.17 bits per heavy atom. The molecule has 4 nitrogen and oxygen atoms in total. The number of para-hydroxylation sites is 1. The summed E-state index contributed by atoms with van der Waals surface area (Å²) in [4.78, 5) is 9.70. The number of hydrogen-bond acceptors (Lipinski definition) is 2. The summed E-state index contributed by atoms with van der Waals surface area (Å²) in [7, 11) is 0. The minimum Gasteiger partial charge on any atom is -0.352 e. The van der Waals surface area contributed by atoms with Crippen LogP contribution in [-0.4, -0.2) is 30.7 Å². The van der Waals surface area contributed by atoms with Crippen LogP contribution in [0.25, 0.3) is 0 Å². The Balaban J connectivity index is 2.24. The highest BCUT2D eigenvalue weighted by Gasteiger charge is 2.19. The summed E-state index contributed by atoms with van der Waals surface area (Å²) < 4.78 is 0. The minimum atomic E-state index is 0.191. The first-order chi connectivity index (χ1) is 8.72. The summed E-state index contributed by atoms with van der Waals surface area (Å²) in [6.07, 6.45) is 5.15. The second kappa shape index (κ2) is 5.96. The van der Waals surface area contributed by atoms with E-state index in [9.17, 15) is 0 Å². The largest absolute Gasteiger partial charge is 0.352 e. The number of halogens is 2. The van der Waals surface area contributed by atoms with Crippen LogP contribution >= 0.6 is 23.2 Å². The third-order valence-corrected chi connectivity index (χ3v) is 2.90. The molecule has 0 amide bonds. The highest BCUT2D eigenvalue weighted by Crippen LogP contribution is 2.32. The Kier molecular flexibility index (Phi) is 4.32. The van der Waals surface area contributed by atoms with Gasteiger partial charge in [0.25, 0.3) is 0 Å². The van der Waals surface area contributed by atoms with Crippen molar-refractivity contribution in [3.63, 3.8) is 0 Å². The molecule has 18 heavy (non-hydrogen) atoms. The van der Waals surface area contributed by atoms with Crippen LogP contribution in [0.3, 0.4) is 0 Å². The van der Waals surface area contributed by atoms with Crippen molar-refractivity contribution in [1.29, 1.82) is 0 Å². The highest BCUT2D eigenvalue weighted by atomic mass is 35.5. The molecule has 1 aliphatic heterocycles. The molecule has 94 valence electrons. The molecule has 0 atom stereocenters. The van der Waals surface area contributed by atoms with E-state index in [1.807, 2.05) is 0 Å². The molecule has 1 fully saturated rings. The van der Waals surface area contributed by atoms with E-state index >= 15 is 0 Å². The van der Waals surface area contributed by atoms with Crippen LogP contribution in [0.2, 0.25) is 10.0 Å². The average Bonchev–Trinajstić information content (AvgIpc) is 2.79. The number of benzene rings is 1. The fourth-order valence-electron chi connectivity index (χ4n) is 1.50. The summed E-state index contributed by atoms with van der Waals surface area (Å²) in [6.45, 7) is 1.59. The zero-order valence-electron chi connectivity index (χ0n) is 9.49. The second-order valence-corrected chi connectivity index (χ2v) is 4.33. The van der Waals surface area contributed by atoms with E-state index in [1.54, 1.807) is 23.3 Å². The molecule has 0 aliphatic carbocycles. The number of aliphatic imine (C=N–C) groups is 1. The predicted molar refractivity (Wildman–Crippen MR) is 73.1 cm³/mol. The fraction of sp³-hybridized carbons (Fsp3) is 0.250. The van der Waals surface area contributed by atoms with Crippen molar-refractivity contribution in [3.05, 3.63) is 28.2 Å². The van der Waals surface area contributed by atoms with E-state index in [-0.39, 0.29) is 6.61 Å². The Morgan fingerprint density at radius 1 is 1.44 bits per heavy atom. The Labute approximate surface area is 115 Å². The van der Waals surface area contributed by atoms with Crippen LogP contribution in [0.15, 0.2) is 23.2 Å². The number of guanidine groups is 1. The molecule has 0 radical (unpaired) electrons. The van der Waals surface area contributed by atoms with Gasteiger partial charge in [0, 0.05) is 6.54 Å². The smallest absolute Gasteiger partial charge is 0.223 e. The van der Waals surface area contributed by atoms with Gasteiger partial charge in [0.15, 0.2) is 0 Å². The molecule has 1 heterocycles.